The number of aliphatic hydroxyl groups excluding tert-OH is 1. The molecule has 9 rings (SSSR count). The number of esters is 3. The summed E-state index contributed by atoms with van der Waals surface area (Å²) in [6, 6.07) is 34.1. The third-order valence-electron chi connectivity index (χ3n) is 12.6. The Morgan fingerprint density at radius 2 is 0.957 bits per heavy atom. The number of carbonyl (C=O) groups excluding carboxylic acids is 3. The van der Waals surface area contributed by atoms with E-state index in [0.717, 1.165) is 40.9 Å². The van der Waals surface area contributed by atoms with Crippen LogP contribution in [0.2, 0.25) is 20.1 Å². The molecule has 9 aromatic rings. The molecule has 0 spiro atoms. The molecule has 4 atom stereocenters. The molecule has 0 fully saturated rings. The number of rotatable bonds is 21. The maximum atomic E-state index is 11.8. The number of aliphatic hydroxyl groups is 1. The number of carbonyl (C=O) groups is 4. The van der Waals surface area contributed by atoms with Crippen molar-refractivity contribution >= 4 is 102 Å². The minimum atomic E-state index is -3.93. The van der Waals surface area contributed by atoms with E-state index in [1.807, 2.05) is 19.1 Å². The first-order chi connectivity index (χ1) is 43.3. The van der Waals surface area contributed by atoms with Crippen LogP contribution in [0.1, 0.15) is 71.3 Å². The van der Waals surface area contributed by atoms with Crippen molar-refractivity contribution in [2.24, 2.45) is 0 Å². The molecule has 0 aliphatic carbocycles. The number of ether oxygens (including phenoxy) is 7. The van der Waals surface area contributed by atoms with Gasteiger partial charge < -0.3 is 57.9 Å². The van der Waals surface area contributed by atoms with E-state index in [-0.39, 0.29) is 50.7 Å². The number of pyridine rings is 2. The molecule has 490 valence electrons. The SMILES string of the molecule is CCCc1nc(Oc2ccc(Cl)cc2)ccc1-c1noc2cc(Cl)c(O[C@@H](C)C(=O)O)cc12.CCCc1nc(Oc2ccc(Cl)cc2)ccc1-c1noc2cc(Cl)c(O[C@@H](C)C(=O)OC)cc12.COC(=O)[C@@H](C)O.COC(=O)[C@@H](C)OS(=O)(=O)c1ccc(C)cc1.[Na+].[OH-]. The average Bonchev–Trinajstić information content (AvgIpc) is 1.70. The number of aromatic nitrogens is 4. The first-order valence-corrected chi connectivity index (χ1v) is 30.7. The van der Waals surface area contributed by atoms with E-state index in [0.29, 0.717) is 90.2 Å². The van der Waals surface area contributed by atoms with Gasteiger partial charge >= 0.3 is 53.4 Å². The summed E-state index contributed by atoms with van der Waals surface area (Å²) in [5, 5.41) is 29.1. The summed E-state index contributed by atoms with van der Waals surface area (Å²) in [5.74, 6) is -0.218. The van der Waals surface area contributed by atoms with Gasteiger partial charge in [0.1, 0.15) is 40.5 Å². The Kier molecular flexibility index (Phi) is 30.8. The van der Waals surface area contributed by atoms with Crippen LogP contribution in [0.25, 0.3) is 44.5 Å². The second-order valence-corrected chi connectivity index (χ2v) is 22.9. The van der Waals surface area contributed by atoms with Crippen LogP contribution in [0, 0.1) is 6.92 Å². The summed E-state index contributed by atoms with van der Waals surface area (Å²) < 4.78 is 75.4. The van der Waals surface area contributed by atoms with Crippen molar-refractivity contribution in [2.75, 3.05) is 21.3 Å². The van der Waals surface area contributed by atoms with Gasteiger partial charge in [0.25, 0.3) is 10.1 Å². The molecule has 0 saturated carbocycles. The summed E-state index contributed by atoms with van der Waals surface area (Å²) in [6.07, 6.45) is -0.925. The largest absolute Gasteiger partial charge is 1.00 e. The topological polar surface area (TPSA) is 325 Å². The van der Waals surface area contributed by atoms with Crippen molar-refractivity contribution in [3.63, 3.8) is 0 Å². The minimum Gasteiger partial charge on any atom is -0.870 e. The zero-order valence-electron chi connectivity index (χ0n) is 52.3. The van der Waals surface area contributed by atoms with Crippen molar-refractivity contribution in [3.05, 3.63) is 158 Å². The van der Waals surface area contributed by atoms with Gasteiger partial charge in [0, 0.05) is 45.4 Å². The number of hydrogen-bond donors (Lipinski definition) is 2. The van der Waals surface area contributed by atoms with Gasteiger partial charge in [0.05, 0.1) is 58.4 Å². The number of carboxylic acid groups (broad SMARTS) is 1. The minimum absolute atomic E-state index is 0. The molecule has 0 radical (unpaired) electrons. The van der Waals surface area contributed by atoms with Crippen LogP contribution in [-0.2, 0) is 60.5 Å². The number of halogens is 4. The van der Waals surface area contributed by atoms with Crippen molar-refractivity contribution < 1.29 is 119 Å². The molecule has 4 aromatic heterocycles. The van der Waals surface area contributed by atoms with E-state index in [9.17, 15) is 27.6 Å². The second kappa shape index (κ2) is 36.8. The molecule has 29 heteroatoms. The molecule has 0 aliphatic heterocycles. The molecule has 0 aliphatic rings. The molecule has 3 N–H and O–H groups in total. The Bertz CT molecular complexity index is 4080. The van der Waals surface area contributed by atoms with Crippen LogP contribution in [0.4, 0.5) is 0 Å². The van der Waals surface area contributed by atoms with Gasteiger partial charge in [0.15, 0.2) is 29.5 Å². The summed E-state index contributed by atoms with van der Waals surface area (Å²) >= 11 is 24.5. The van der Waals surface area contributed by atoms with Gasteiger partial charge in [-0.15, -0.1) is 0 Å². The number of nitrogens with zero attached hydrogens (tertiary/aromatic N) is 4. The van der Waals surface area contributed by atoms with E-state index >= 15 is 0 Å². The monoisotopic (exact) mass is 1390 g/mol. The fourth-order valence-electron chi connectivity index (χ4n) is 8.03. The van der Waals surface area contributed by atoms with Crippen molar-refractivity contribution in [2.45, 2.75) is 103 Å². The Labute approximate surface area is 578 Å². The van der Waals surface area contributed by atoms with Crippen LogP contribution in [0.15, 0.2) is 135 Å². The number of hydrogen-bond acceptors (Lipinski definition) is 22. The van der Waals surface area contributed by atoms with Crippen molar-refractivity contribution in [1.29, 1.82) is 0 Å². The Hall–Kier alpha value is -7.59. The molecule has 0 amide bonds. The Balaban J connectivity index is 0.000000292. The Morgan fingerprint density at radius 3 is 1.32 bits per heavy atom. The fourth-order valence-corrected chi connectivity index (χ4v) is 9.72. The number of carboxylic acids is 1. The molecular weight excluding hydrogens is 1330 g/mol. The van der Waals surface area contributed by atoms with Crippen LogP contribution in [0.3, 0.4) is 0 Å². The quantitative estimate of drug-likeness (QED) is 0.0292. The smallest absolute Gasteiger partial charge is 0.870 e. The van der Waals surface area contributed by atoms with Crippen molar-refractivity contribution in [1.82, 2.24) is 20.3 Å². The zero-order chi connectivity index (χ0) is 66.7. The van der Waals surface area contributed by atoms with Crippen LogP contribution >= 0.6 is 46.4 Å². The molecule has 93 heavy (non-hydrogen) atoms. The first kappa shape index (κ1) is 77.9. The molecule has 23 nitrogen and oxygen atoms in total. The number of aryl methyl sites for hydroxylation is 3. The normalized spacial score (nSPS) is 12.0. The second-order valence-electron chi connectivity index (χ2n) is 19.6. The van der Waals surface area contributed by atoms with E-state index in [2.05, 4.69) is 38.6 Å². The predicted octanol–water partition coefficient (Wildman–Crippen LogP) is 11.3. The summed E-state index contributed by atoms with van der Waals surface area (Å²) in [5.41, 5.74) is 6.21. The molecular formula is C64H65Cl4N4NaO19S. The first-order valence-electron chi connectivity index (χ1n) is 27.8. The number of aliphatic carboxylic acids is 1. The van der Waals surface area contributed by atoms with Crippen LogP contribution in [-0.4, -0.2) is 114 Å². The molecule has 4 heterocycles. The van der Waals surface area contributed by atoms with Crippen LogP contribution in [0.5, 0.6) is 34.8 Å². The van der Waals surface area contributed by atoms with Gasteiger partial charge in [0.2, 0.25) is 11.8 Å². The number of methoxy groups -OCH3 is 3. The third-order valence-corrected chi connectivity index (χ3v) is 15.1. The van der Waals surface area contributed by atoms with E-state index in [1.54, 1.807) is 104 Å². The number of benzene rings is 5. The zero-order valence-corrected chi connectivity index (χ0v) is 58.1. The van der Waals surface area contributed by atoms with Crippen LogP contribution < -0.4 is 48.5 Å². The van der Waals surface area contributed by atoms with E-state index in [4.69, 9.17) is 98.5 Å². The maximum Gasteiger partial charge on any atom is 1.00 e. The molecule has 0 bridgehead atoms. The van der Waals surface area contributed by atoms with Gasteiger partial charge in [-0.05, 0) is 132 Å². The third kappa shape index (κ3) is 22.0. The molecule has 0 unspecified atom stereocenters. The maximum absolute atomic E-state index is 11.8. The fraction of sp³-hybridized carbons (Fsp3) is 0.281. The summed E-state index contributed by atoms with van der Waals surface area (Å²) in [4.78, 5) is 53.5. The Morgan fingerprint density at radius 1 is 0.559 bits per heavy atom. The van der Waals surface area contributed by atoms with Gasteiger partial charge in [-0.2, -0.15) is 8.42 Å². The van der Waals surface area contributed by atoms with Gasteiger partial charge in [-0.1, -0.05) is 101 Å². The standard InChI is InChI=1S/C25H22Cl2N2O5.C24H20Cl2N2O5.C11H14O5S.C4H8O3.Na.H2O/c1-4-5-20-17(10-11-23(28-20)33-16-8-6-15(26)7-9-16)24-18-12-22(32-14(2)25(30)31-3)19(27)13-21(18)34-29-24;1-3-4-19-16(9-10-22(27-19)32-15-7-5-14(25)6-8-15)23-17-11-21(31-13(2)24(29)30)18(26)12-20(17)33-28-23;1-8-4-6-10(7-5-8)17(13,14)16-9(2)11(12)15-3;1-3(5)4(6)7-2;;/h6-14H,4-5H2,1-3H3;5-13H,3-4H2,1-2H3,(H,29,30);4-7,9H,1-3H3;3,5H,1-2H3;;1H2/q;;;;+1;/p-1/t14-;13-;9-;3-;;/m0011../s1. The van der Waals surface area contributed by atoms with Crippen molar-refractivity contribution in [3.8, 4) is 57.3 Å². The van der Waals surface area contributed by atoms with E-state index < -0.39 is 58.4 Å². The van der Waals surface area contributed by atoms with Gasteiger partial charge in [-0.3, -0.25) is 4.18 Å². The predicted molar refractivity (Wildman–Crippen MR) is 342 cm³/mol. The molecule has 5 aromatic carbocycles. The van der Waals surface area contributed by atoms with Gasteiger partial charge in [-0.25, -0.2) is 29.1 Å². The molecule has 0 saturated heterocycles. The summed E-state index contributed by atoms with van der Waals surface area (Å²) in [6.45, 7) is 11.7. The average molecular weight is 1390 g/mol. The van der Waals surface area contributed by atoms with E-state index in [1.165, 1.54) is 54.2 Å². The summed E-state index contributed by atoms with van der Waals surface area (Å²) in [7, 11) is -0.234. The number of fused-ring (bicyclic) bond motifs is 2.